The first-order chi connectivity index (χ1) is 6.97. The molecule has 0 atom stereocenters. The van der Waals surface area contributed by atoms with Crippen molar-refractivity contribution in [3.63, 3.8) is 0 Å². The average molecular weight is 208 g/mol. The molecule has 0 saturated heterocycles. The van der Waals surface area contributed by atoms with Gasteiger partial charge in [0.1, 0.15) is 5.78 Å². The Kier molecular flexibility index (Phi) is 2.37. The molecule has 1 saturated carbocycles. The van der Waals surface area contributed by atoms with Gasteiger partial charge in [-0.15, -0.1) is 0 Å². The Morgan fingerprint density at radius 2 is 2.13 bits per heavy atom. The molecule has 0 N–H and O–H groups in total. The Labute approximate surface area is 89.1 Å². The van der Waals surface area contributed by atoms with E-state index in [9.17, 15) is 4.79 Å². The van der Waals surface area contributed by atoms with Gasteiger partial charge in [-0.1, -0.05) is 25.9 Å². The molecule has 1 fully saturated rings. The highest BCUT2D eigenvalue weighted by molar-refractivity contribution is 5.84. The number of hydrogen-bond acceptors (Lipinski definition) is 4. The Balaban J connectivity index is 2.01. The maximum Gasteiger partial charge on any atom is 0.234 e. The molecule has 0 aliphatic heterocycles. The Morgan fingerprint density at radius 3 is 2.67 bits per heavy atom. The summed E-state index contributed by atoms with van der Waals surface area (Å²) in [6.45, 7) is 5.69. The third kappa shape index (κ3) is 2.43. The van der Waals surface area contributed by atoms with Crippen LogP contribution in [0.25, 0.3) is 0 Å². The van der Waals surface area contributed by atoms with Crippen molar-refractivity contribution in [3.05, 3.63) is 11.7 Å². The first-order valence-electron chi connectivity index (χ1n) is 5.32. The van der Waals surface area contributed by atoms with Gasteiger partial charge in [0.05, 0.1) is 6.42 Å². The number of carbonyl (C=O) groups is 1. The Bertz CT molecular complexity index is 372. The van der Waals surface area contributed by atoms with Gasteiger partial charge in [-0.05, 0) is 12.8 Å². The van der Waals surface area contributed by atoms with E-state index < -0.39 is 0 Å². The fourth-order valence-electron chi connectivity index (χ4n) is 1.25. The van der Waals surface area contributed by atoms with Crippen LogP contribution in [0.1, 0.15) is 51.2 Å². The van der Waals surface area contributed by atoms with E-state index in [-0.39, 0.29) is 17.6 Å². The van der Waals surface area contributed by atoms with Crippen LogP contribution < -0.4 is 0 Å². The van der Waals surface area contributed by atoms with Gasteiger partial charge in [0, 0.05) is 11.3 Å². The molecular formula is C11H16N2O2. The van der Waals surface area contributed by atoms with Gasteiger partial charge < -0.3 is 4.52 Å². The summed E-state index contributed by atoms with van der Waals surface area (Å²) in [7, 11) is 0. The third-order valence-corrected chi connectivity index (χ3v) is 2.57. The highest BCUT2D eigenvalue weighted by atomic mass is 16.5. The molecular weight excluding hydrogens is 192 g/mol. The molecule has 0 aromatic carbocycles. The molecule has 2 rings (SSSR count). The summed E-state index contributed by atoms with van der Waals surface area (Å²) >= 11 is 0. The minimum Gasteiger partial charge on any atom is -0.339 e. The normalized spacial score (nSPS) is 16.7. The van der Waals surface area contributed by atoms with Crippen molar-refractivity contribution in [3.8, 4) is 0 Å². The second-order valence-corrected chi connectivity index (χ2v) is 5.17. The number of aromatic nitrogens is 2. The number of ketones is 1. The Morgan fingerprint density at radius 1 is 1.47 bits per heavy atom. The van der Waals surface area contributed by atoms with E-state index in [4.69, 9.17) is 4.52 Å². The molecule has 1 aliphatic rings. The highest BCUT2D eigenvalue weighted by Crippen LogP contribution is 2.38. The maximum absolute atomic E-state index is 11.7. The fourth-order valence-corrected chi connectivity index (χ4v) is 1.25. The van der Waals surface area contributed by atoms with Crippen LogP contribution in [0.2, 0.25) is 0 Å². The van der Waals surface area contributed by atoms with Crippen molar-refractivity contribution < 1.29 is 9.32 Å². The van der Waals surface area contributed by atoms with Crippen LogP contribution in [0.3, 0.4) is 0 Å². The molecule has 0 spiro atoms. The quantitative estimate of drug-likeness (QED) is 0.763. The number of carbonyl (C=O) groups excluding carboxylic acids is 1. The molecule has 15 heavy (non-hydrogen) atoms. The van der Waals surface area contributed by atoms with Crippen LogP contribution in [0.5, 0.6) is 0 Å². The van der Waals surface area contributed by atoms with Crippen molar-refractivity contribution in [1.82, 2.24) is 10.1 Å². The molecule has 1 heterocycles. The third-order valence-electron chi connectivity index (χ3n) is 2.57. The molecule has 0 unspecified atom stereocenters. The largest absolute Gasteiger partial charge is 0.339 e. The lowest BCUT2D eigenvalue weighted by molar-refractivity contribution is -0.125. The zero-order valence-electron chi connectivity index (χ0n) is 9.41. The summed E-state index contributed by atoms with van der Waals surface area (Å²) in [4.78, 5) is 15.9. The lowest BCUT2D eigenvalue weighted by atomic mass is 9.89. The molecule has 0 bridgehead atoms. The van der Waals surface area contributed by atoms with Gasteiger partial charge in [-0.25, -0.2) is 0 Å². The average Bonchev–Trinajstić information content (AvgIpc) is 2.87. The van der Waals surface area contributed by atoms with Crippen LogP contribution >= 0.6 is 0 Å². The summed E-state index contributed by atoms with van der Waals surface area (Å²) in [6.07, 6.45) is 2.54. The van der Waals surface area contributed by atoms with Crippen LogP contribution in [0, 0.1) is 5.41 Å². The fraction of sp³-hybridized carbons (Fsp3) is 0.727. The van der Waals surface area contributed by atoms with E-state index in [0.717, 1.165) is 18.7 Å². The van der Waals surface area contributed by atoms with Crippen molar-refractivity contribution in [1.29, 1.82) is 0 Å². The van der Waals surface area contributed by atoms with Crippen molar-refractivity contribution in [2.45, 2.75) is 46.0 Å². The van der Waals surface area contributed by atoms with Crippen LogP contribution in [0.15, 0.2) is 4.52 Å². The summed E-state index contributed by atoms with van der Waals surface area (Å²) in [6, 6.07) is 0. The van der Waals surface area contributed by atoms with Crippen molar-refractivity contribution in [2.24, 2.45) is 5.41 Å². The molecule has 4 heteroatoms. The number of nitrogens with zero attached hydrogens (tertiary/aromatic N) is 2. The molecule has 1 aromatic rings. The standard InChI is InChI=1S/C11H16N2O2/c1-11(2,3)8(14)6-9-12-10(13-15-9)7-4-5-7/h7H,4-6H2,1-3H3. The summed E-state index contributed by atoms with van der Waals surface area (Å²) in [5.74, 6) is 1.84. The zero-order valence-corrected chi connectivity index (χ0v) is 9.41. The van der Waals surface area contributed by atoms with E-state index in [1.54, 1.807) is 0 Å². The van der Waals surface area contributed by atoms with E-state index in [1.807, 2.05) is 20.8 Å². The monoisotopic (exact) mass is 208 g/mol. The first-order valence-corrected chi connectivity index (χ1v) is 5.32. The van der Waals surface area contributed by atoms with Crippen LogP contribution in [-0.4, -0.2) is 15.9 Å². The van der Waals surface area contributed by atoms with E-state index in [2.05, 4.69) is 10.1 Å². The molecule has 1 aliphatic carbocycles. The van der Waals surface area contributed by atoms with Gasteiger partial charge in [0.25, 0.3) is 0 Å². The van der Waals surface area contributed by atoms with Gasteiger partial charge in [0.15, 0.2) is 5.82 Å². The van der Waals surface area contributed by atoms with Crippen molar-refractivity contribution in [2.75, 3.05) is 0 Å². The molecule has 1 aromatic heterocycles. The molecule has 0 amide bonds. The van der Waals surface area contributed by atoms with Gasteiger partial charge in [-0.3, -0.25) is 4.79 Å². The van der Waals surface area contributed by atoms with E-state index in [1.165, 1.54) is 0 Å². The second kappa shape index (κ2) is 3.43. The lowest BCUT2D eigenvalue weighted by Crippen LogP contribution is -2.22. The van der Waals surface area contributed by atoms with E-state index >= 15 is 0 Å². The zero-order chi connectivity index (χ0) is 11.1. The van der Waals surface area contributed by atoms with Gasteiger partial charge in [0.2, 0.25) is 5.89 Å². The predicted octanol–water partition coefficient (Wildman–Crippen LogP) is 2.10. The smallest absolute Gasteiger partial charge is 0.234 e. The number of hydrogen-bond donors (Lipinski definition) is 0. The van der Waals surface area contributed by atoms with Gasteiger partial charge in [-0.2, -0.15) is 4.98 Å². The van der Waals surface area contributed by atoms with Crippen molar-refractivity contribution >= 4 is 5.78 Å². The molecule has 4 nitrogen and oxygen atoms in total. The van der Waals surface area contributed by atoms with Crippen LogP contribution in [-0.2, 0) is 11.2 Å². The molecule has 0 radical (unpaired) electrons. The summed E-state index contributed by atoms with van der Waals surface area (Å²) in [5, 5.41) is 3.87. The van der Waals surface area contributed by atoms with Gasteiger partial charge >= 0.3 is 0 Å². The minimum absolute atomic E-state index is 0.133. The predicted molar refractivity (Wildman–Crippen MR) is 54.4 cm³/mol. The summed E-state index contributed by atoms with van der Waals surface area (Å²) in [5.41, 5.74) is -0.339. The topological polar surface area (TPSA) is 56.0 Å². The highest BCUT2D eigenvalue weighted by Gasteiger charge is 2.30. The SMILES string of the molecule is CC(C)(C)C(=O)Cc1nc(C2CC2)no1. The number of rotatable bonds is 3. The minimum atomic E-state index is -0.339. The first kappa shape index (κ1) is 10.3. The second-order valence-electron chi connectivity index (χ2n) is 5.17. The van der Waals surface area contributed by atoms with E-state index in [0.29, 0.717) is 11.8 Å². The maximum atomic E-state index is 11.7. The Hall–Kier alpha value is -1.19. The molecule has 82 valence electrons. The summed E-state index contributed by atoms with van der Waals surface area (Å²) < 4.78 is 5.05. The van der Waals surface area contributed by atoms with Crippen LogP contribution in [0.4, 0.5) is 0 Å². The lowest BCUT2D eigenvalue weighted by Gasteiger charge is -2.14. The number of Topliss-reactive ketones (excluding diaryl/α,β-unsaturated/α-hetero) is 1.